The molecule has 2 aliphatic heterocycles. The number of halogens is 6. The van der Waals surface area contributed by atoms with Crippen LogP contribution in [0.3, 0.4) is 0 Å². The summed E-state index contributed by atoms with van der Waals surface area (Å²) in [6, 6.07) is 21.1. The number of nitrogens with zero attached hydrogens (tertiary/aromatic N) is 1. The lowest BCUT2D eigenvalue weighted by Gasteiger charge is -2.52. The van der Waals surface area contributed by atoms with Crippen LogP contribution in [0.4, 0.5) is 26.3 Å². The van der Waals surface area contributed by atoms with Crippen molar-refractivity contribution in [2.75, 3.05) is 13.7 Å². The Morgan fingerprint density at radius 1 is 0.930 bits per heavy atom. The molecule has 2 aliphatic rings. The summed E-state index contributed by atoms with van der Waals surface area (Å²) in [6.45, 7) is 2.01. The molecular weight excluding hydrogens is 570 g/mol. The summed E-state index contributed by atoms with van der Waals surface area (Å²) in [6.07, 6.45) is -8.73. The number of hydrogen-bond donors (Lipinski definition) is 1. The number of amides is 1. The normalized spacial score (nSPS) is 25.0. The third-order valence-electron chi connectivity index (χ3n) is 8.98. The molecule has 2 fully saturated rings. The Morgan fingerprint density at radius 2 is 1.51 bits per heavy atom. The molecule has 230 valence electrons. The quantitative estimate of drug-likeness (QED) is 0.270. The first-order chi connectivity index (χ1) is 20.4. The Labute approximate surface area is 247 Å². The molecule has 4 nitrogen and oxygen atoms in total. The number of benzene rings is 3. The Kier molecular flexibility index (Phi) is 8.64. The number of nitrogens with one attached hydrogen (secondary N) is 1. The third kappa shape index (κ3) is 6.04. The molecule has 5 rings (SSSR count). The largest absolute Gasteiger partial charge is 0.416 e. The molecule has 2 saturated heterocycles. The molecule has 2 bridgehead atoms. The third-order valence-corrected chi connectivity index (χ3v) is 8.98. The molecule has 10 heteroatoms. The molecule has 3 aromatic rings. The molecule has 1 N–H and O–H groups in total. The van der Waals surface area contributed by atoms with Gasteiger partial charge in [0.2, 0.25) is 5.91 Å². The average molecular weight is 605 g/mol. The van der Waals surface area contributed by atoms with Gasteiger partial charge in [-0.1, -0.05) is 60.7 Å². The highest BCUT2D eigenvalue weighted by Crippen LogP contribution is 2.57. The van der Waals surface area contributed by atoms with Gasteiger partial charge in [0.05, 0.1) is 35.3 Å². The van der Waals surface area contributed by atoms with E-state index >= 15 is 0 Å². The van der Waals surface area contributed by atoms with E-state index in [0.717, 1.165) is 23.3 Å². The first-order valence-electron chi connectivity index (χ1n) is 14.4. The molecule has 0 radical (unpaired) electrons. The number of hydrogen-bond acceptors (Lipinski definition) is 3. The lowest BCUT2D eigenvalue weighted by molar-refractivity contribution is -0.143. The Morgan fingerprint density at radius 3 is 2.07 bits per heavy atom. The molecule has 1 amide bonds. The minimum Gasteiger partial charge on any atom is -0.376 e. The second-order valence-electron chi connectivity index (χ2n) is 11.4. The lowest BCUT2D eigenvalue weighted by Crippen LogP contribution is -2.58. The van der Waals surface area contributed by atoms with E-state index in [4.69, 9.17) is 4.74 Å². The van der Waals surface area contributed by atoms with Crippen LogP contribution in [0, 0.1) is 5.92 Å². The minimum absolute atomic E-state index is 0.0719. The Balaban J connectivity index is 1.50. The first kappa shape index (κ1) is 31.1. The van der Waals surface area contributed by atoms with Crippen molar-refractivity contribution in [2.45, 2.75) is 68.7 Å². The predicted octanol–water partition coefficient (Wildman–Crippen LogP) is 7.54. The second kappa shape index (κ2) is 12.0. The van der Waals surface area contributed by atoms with Crippen molar-refractivity contribution >= 4 is 5.91 Å². The number of fused-ring (bicyclic) bond motifs is 2. The fraction of sp³-hybridized carbons (Fsp3) is 0.424. The van der Waals surface area contributed by atoms with E-state index in [-0.39, 0.29) is 48.6 Å². The topological polar surface area (TPSA) is 41.6 Å². The number of alkyl halides is 6. The monoisotopic (exact) mass is 604 g/mol. The SMILES string of the molecule is CNC(=O)[C@H]1C[C@]2(c3ccccc3)[C@@H](OCCc3cc(C(F)(F)F)cc(C(F)(F)F)c3)CC[C@H]1N2C(C)c1ccccc1. The number of carbonyl (C=O) groups excluding carboxylic acids is 1. The standard InChI is InChI=1S/C33H34F6N2O2/c1-21(23-9-5-3-6-10-23)41-28-13-14-29(31(41,20-27(28)30(42)40-2)24-11-7-4-8-12-24)43-16-15-22-17-25(32(34,35)36)19-26(18-22)33(37,38)39/h3-12,17-19,21,27-29H,13-16,20H2,1-2H3,(H,40,42)/t21?,27-,28+,29-,31-/m0/s1. The highest BCUT2D eigenvalue weighted by atomic mass is 19.4. The van der Waals surface area contributed by atoms with Gasteiger partial charge in [0.15, 0.2) is 0 Å². The molecule has 0 spiro atoms. The van der Waals surface area contributed by atoms with Crippen molar-refractivity contribution < 1.29 is 35.9 Å². The van der Waals surface area contributed by atoms with Crippen LogP contribution < -0.4 is 5.32 Å². The summed E-state index contributed by atoms with van der Waals surface area (Å²) < 4.78 is 87.1. The van der Waals surface area contributed by atoms with Crippen molar-refractivity contribution in [2.24, 2.45) is 5.92 Å². The molecule has 1 unspecified atom stereocenters. The summed E-state index contributed by atoms with van der Waals surface area (Å²) in [4.78, 5) is 15.6. The lowest BCUT2D eigenvalue weighted by atomic mass is 9.77. The molecule has 5 atom stereocenters. The van der Waals surface area contributed by atoms with Gasteiger partial charge in [-0.25, -0.2) is 0 Å². The molecule has 0 saturated carbocycles. The molecule has 3 aromatic carbocycles. The zero-order valence-corrected chi connectivity index (χ0v) is 23.9. The van der Waals surface area contributed by atoms with Gasteiger partial charge in [-0.2, -0.15) is 26.3 Å². The smallest absolute Gasteiger partial charge is 0.376 e. The highest BCUT2D eigenvalue weighted by Gasteiger charge is 2.62. The predicted molar refractivity (Wildman–Crippen MR) is 150 cm³/mol. The van der Waals surface area contributed by atoms with Crippen LogP contribution in [0.2, 0.25) is 0 Å². The van der Waals surface area contributed by atoms with Crippen LogP contribution in [0.25, 0.3) is 0 Å². The van der Waals surface area contributed by atoms with E-state index in [1.165, 1.54) is 0 Å². The fourth-order valence-corrected chi connectivity index (χ4v) is 7.13. The van der Waals surface area contributed by atoms with E-state index < -0.39 is 35.1 Å². The minimum atomic E-state index is -4.92. The van der Waals surface area contributed by atoms with Crippen LogP contribution in [-0.2, 0) is 33.8 Å². The van der Waals surface area contributed by atoms with Crippen molar-refractivity contribution in [3.63, 3.8) is 0 Å². The number of ether oxygens (including phenoxy) is 1. The molecule has 0 aliphatic carbocycles. The van der Waals surface area contributed by atoms with Gasteiger partial charge in [0, 0.05) is 19.1 Å². The Hall–Kier alpha value is -3.37. The van der Waals surface area contributed by atoms with Crippen molar-refractivity contribution in [1.29, 1.82) is 0 Å². The summed E-state index contributed by atoms with van der Waals surface area (Å²) in [5, 5.41) is 2.81. The van der Waals surface area contributed by atoms with E-state index in [1.807, 2.05) is 60.7 Å². The maximum absolute atomic E-state index is 13.4. The number of rotatable bonds is 8. The zero-order chi connectivity index (χ0) is 31.0. The number of piperidine rings is 1. The average Bonchev–Trinajstić information content (AvgIpc) is 3.24. The van der Waals surface area contributed by atoms with Gasteiger partial charge in [0.25, 0.3) is 0 Å². The first-order valence-corrected chi connectivity index (χ1v) is 14.4. The van der Waals surface area contributed by atoms with Gasteiger partial charge >= 0.3 is 12.4 Å². The van der Waals surface area contributed by atoms with Crippen molar-refractivity contribution in [1.82, 2.24) is 10.2 Å². The van der Waals surface area contributed by atoms with E-state index in [9.17, 15) is 31.1 Å². The summed E-state index contributed by atoms with van der Waals surface area (Å²) in [5.41, 5.74) is -1.52. The second-order valence-corrected chi connectivity index (χ2v) is 11.4. The van der Waals surface area contributed by atoms with Crippen LogP contribution >= 0.6 is 0 Å². The summed E-state index contributed by atoms with van der Waals surface area (Å²) in [7, 11) is 1.61. The van der Waals surface area contributed by atoms with Crippen molar-refractivity contribution in [3.8, 4) is 0 Å². The van der Waals surface area contributed by atoms with Gasteiger partial charge in [-0.05, 0) is 67.5 Å². The van der Waals surface area contributed by atoms with E-state index in [2.05, 4.69) is 17.1 Å². The molecule has 2 heterocycles. The maximum Gasteiger partial charge on any atom is 0.416 e. The van der Waals surface area contributed by atoms with Crippen molar-refractivity contribution in [3.05, 3.63) is 107 Å². The molecule has 0 aromatic heterocycles. The van der Waals surface area contributed by atoms with E-state index in [1.54, 1.807) is 7.05 Å². The maximum atomic E-state index is 13.4. The fourth-order valence-electron chi connectivity index (χ4n) is 7.13. The van der Waals surface area contributed by atoms with Gasteiger partial charge in [-0.15, -0.1) is 0 Å². The molecule has 43 heavy (non-hydrogen) atoms. The summed E-state index contributed by atoms with van der Waals surface area (Å²) in [5.74, 6) is -0.403. The Bertz CT molecular complexity index is 1380. The van der Waals surface area contributed by atoms with Crippen LogP contribution in [0.5, 0.6) is 0 Å². The number of carbonyl (C=O) groups is 1. The van der Waals surface area contributed by atoms with Crippen LogP contribution in [-0.4, -0.2) is 36.6 Å². The van der Waals surface area contributed by atoms with Gasteiger partial charge in [-0.3, -0.25) is 9.69 Å². The highest BCUT2D eigenvalue weighted by molar-refractivity contribution is 5.80. The van der Waals surface area contributed by atoms with Gasteiger partial charge < -0.3 is 10.1 Å². The summed E-state index contributed by atoms with van der Waals surface area (Å²) >= 11 is 0. The molecular formula is C33H34F6N2O2. The van der Waals surface area contributed by atoms with E-state index in [0.29, 0.717) is 19.3 Å². The van der Waals surface area contributed by atoms with Crippen LogP contribution in [0.15, 0.2) is 78.9 Å². The zero-order valence-electron chi connectivity index (χ0n) is 23.9. The van der Waals surface area contributed by atoms with Crippen LogP contribution in [0.1, 0.15) is 60.0 Å². The van der Waals surface area contributed by atoms with Gasteiger partial charge in [0.1, 0.15) is 0 Å².